The highest BCUT2D eigenvalue weighted by molar-refractivity contribution is 6.30. The van der Waals surface area contributed by atoms with E-state index in [9.17, 15) is 9.90 Å². The zero-order valence-corrected chi connectivity index (χ0v) is 17.3. The van der Waals surface area contributed by atoms with Crippen molar-refractivity contribution in [3.05, 3.63) is 94.5 Å². The molecule has 156 valence electrons. The molecular weight excluding hydrogens is 402 g/mol. The van der Waals surface area contributed by atoms with Crippen molar-refractivity contribution in [1.82, 2.24) is 5.32 Å². The van der Waals surface area contributed by atoms with Gasteiger partial charge in [0.1, 0.15) is 11.5 Å². The fourth-order valence-electron chi connectivity index (χ4n) is 3.13. The standard InChI is InChI=1S/C24H24ClNO4/c1-16(26-15-23(27)18-6-3-8-20(25)13-18)11-17-5-2-9-21(12-17)30-22-10-4-7-19(14-22)24(28)29/h2-10,12-14,16,23,26-27H,11,15H2,1H3,(H,28,29)/t16-,23+/m1/s1. The molecule has 30 heavy (non-hydrogen) atoms. The smallest absolute Gasteiger partial charge is 0.335 e. The highest BCUT2D eigenvalue weighted by Crippen LogP contribution is 2.24. The summed E-state index contributed by atoms with van der Waals surface area (Å²) >= 11 is 5.98. The van der Waals surface area contributed by atoms with Crippen molar-refractivity contribution < 1.29 is 19.7 Å². The second-order valence-corrected chi connectivity index (χ2v) is 7.60. The second-order valence-electron chi connectivity index (χ2n) is 7.17. The number of carboxylic acids is 1. The topological polar surface area (TPSA) is 78.8 Å². The van der Waals surface area contributed by atoms with Gasteiger partial charge in [0.2, 0.25) is 0 Å². The van der Waals surface area contributed by atoms with Crippen LogP contribution in [0, 0.1) is 0 Å². The molecule has 3 aromatic rings. The Hall–Kier alpha value is -2.86. The number of halogens is 1. The molecule has 0 aromatic heterocycles. The van der Waals surface area contributed by atoms with Crippen molar-refractivity contribution in [3.63, 3.8) is 0 Å². The van der Waals surface area contributed by atoms with E-state index < -0.39 is 12.1 Å². The van der Waals surface area contributed by atoms with Crippen LogP contribution in [0.2, 0.25) is 5.02 Å². The number of aliphatic hydroxyl groups excluding tert-OH is 1. The van der Waals surface area contributed by atoms with Crippen molar-refractivity contribution in [3.8, 4) is 11.5 Å². The maximum absolute atomic E-state index is 11.1. The Morgan fingerprint density at radius 2 is 1.73 bits per heavy atom. The van der Waals surface area contributed by atoms with E-state index in [0.717, 1.165) is 17.5 Å². The predicted molar refractivity (Wildman–Crippen MR) is 117 cm³/mol. The van der Waals surface area contributed by atoms with Gasteiger partial charge in [-0.2, -0.15) is 0 Å². The lowest BCUT2D eigenvalue weighted by molar-refractivity contribution is 0.0696. The molecule has 0 saturated heterocycles. The van der Waals surface area contributed by atoms with Gasteiger partial charge in [0.15, 0.2) is 0 Å². The van der Waals surface area contributed by atoms with E-state index in [1.807, 2.05) is 36.4 Å². The first kappa shape index (κ1) is 21.8. The average molecular weight is 426 g/mol. The normalized spacial score (nSPS) is 12.9. The maximum Gasteiger partial charge on any atom is 0.335 e. The highest BCUT2D eigenvalue weighted by atomic mass is 35.5. The zero-order chi connectivity index (χ0) is 21.5. The third-order valence-corrected chi connectivity index (χ3v) is 4.89. The summed E-state index contributed by atoms with van der Waals surface area (Å²) < 4.78 is 5.82. The molecule has 0 aliphatic carbocycles. The van der Waals surface area contributed by atoms with E-state index in [0.29, 0.717) is 23.1 Å². The number of benzene rings is 3. The number of carboxylic acid groups (broad SMARTS) is 1. The summed E-state index contributed by atoms with van der Waals surface area (Å²) in [5, 5.41) is 23.4. The van der Waals surface area contributed by atoms with Gasteiger partial charge in [0.05, 0.1) is 11.7 Å². The van der Waals surface area contributed by atoms with Gasteiger partial charge >= 0.3 is 5.97 Å². The summed E-state index contributed by atoms with van der Waals surface area (Å²) in [6.07, 6.45) is 0.108. The molecule has 0 heterocycles. The molecule has 3 N–H and O–H groups in total. The minimum atomic E-state index is -0.992. The molecule has 0 amide bonds. The first-order valence-electron chi connectivity index (χ1n) is 9.68. The third-order valence-electron chi connectivity index (χ3n) is 4.65. The summed E-state index contributed by atoms with van der Waals surface area (Å²) in [4.78, 5) is 11.1. The Kier molecular flexibility index (Phi) is 7.46. The number of nitrogens with one attached hydrogen (secondary N) is 1. The van der Waals surface area contributed by atoms with Crippen LogP contribution in [0.3, 0.4) is 0 Å². The molecule has 0 spiro atoms. The number of carbonyl (C=O) groups is 1. The van der Waals surface area contributed by atoms with Gasteiger partial charge in [-0.1, -0.05) is 41.9 Å². The number of hydrogen-bond acceptors (Lipinski definition) is 4. The van der Waals surface area contributed by atoms with E-state index in [1.165, 1.54) is 12.1 Å². The Balaban J connectivity index is 1.56. The molecule has 0 unspecified atom stereocenters. The van der Waals surface area contributed by atoms with Crippen LogP contribution in [0.25, 0.3) is 0 Å². The summed E-state index contributed by atoms with van der Waals surface area (Å²) in [5.74, 6) is 0.123. The van der Waals surface area contributed by atoms with E-state index >= 15 is 0 Å². The number of aromatic carboxylic acids is 1. The fraction of sp³-hybridized carbons (Fsp3) is 0.208. The minimum absolute atomic E-state index is 0.129. The van der Waals surface area contributed by atoms with Crippen molar-refractivity contribution in [2.24, 2.45) is 0 Å². The maximum atomic E-state index is 11.1. The summed E-state index contributed by atoms with van der Waals surface area (Å²) in [6.45, 7) is 2.47. The lowest BCUT2D eigenvalue weighted by Gasteiger charge is -2.18. The van der Waals surface area contributed by atoms with Gasteiger partial charge in [-0.3, -0.25) is 0 Å². The number of hydrogen-bond donors (Lipinski definition) is 3. The molecule has 0 radical (unpaired) electrons. The molecule has 0 aliphatic heterocycles. The molecule has 0 saturated carbocycles. The average Bonchev–Trinajstić information content (AvgIpc) is 2.72. The second kappa shape index (κ2) is 10.3. The molecule has 6 heteroatoms. The third kappa shape index (κ3) is 6.32. The van der Waals surface area contributed by atoms with Gasteiger partial charge in [-0.15, -0.1) is 0 Å². The zero-order valence-electron chi connectivity index (χ0n) is 16.6. The largest absolute Gasteiger partial charge is 0.478 e. The monoisotopic (exact) mass is 425 g/mol. The molecule has 5 nitrogen and oxygen atoms in total. The SMILES string of the molecule is C[C@H](Cc1cccc(Oc2cccc(C(=O)O)c2)c1)NC[C@H](O)c1cccc(Cl)c1. The van der Waals surface area contributed by atoms with Crippen LogP contribution in [-0.4, -0.2) is 28.8 Å². The van der Waals surface area contributed by atoms with E-state index in [1.54, 1.807) is 24.3 Å². The summed E-state index contributed by atoms with van der Waals surface area (Å²) in [7, 11) is 0. The predicted octanol–water partition coefficient (Wildman–Crippen LogP) is 5.08. The van der Waals surface area contributed by atoms with Crippen LogP contribution in [0.1, 0.15) is 34.5 Å². The van der Waals surface area contributed by atoms with Crippen LogP contribution in [0.4, 0.5) is 0 Å². The van der Waals surface area contributed by atoms with E-state index in [-0.39, 0.29) is 11.6 Å². The lowest BCUT2D eigenvalue weighted by atomic mass is 10.1. The van der Waals surface area contributed by atoms with Gasteiger partial charge in [-0.05, 0) is 66.9 Å². The van der Waals surface area contributed by atoms with Crippen LogP contribution < -0.4 is 10.1 Å². The number of rotatable bonds is 9. The fourth-order valence-corrected chi connectivity index (χ4v) is 3.33. The van der Waals surface area contributed by atoms with Crippen molar-refractivity contribution >= 4 is 17.6 Å². The minimum Gasteiger partial charge on any atom is -0.478 e. The molecular formula is C24H24ClNO4. The quantitative estimate of drug-likeness (QED) is 0.445. The van der Waals surface area contributed by atoms with Crippen LogP contribution in [0.15, 0.2) is 72.8 Å². The molecule has 2 atom stereocenters. The summed E-state index contributed by atoms with van der Waals surface area (Å²) in [6, 6.07) is 21.4. The van der Waals surface area contributed by atoms with Crippen LogP contribution in [-0.2, 0) is 6.42 Å². The van der Waals surface area contributed by atoms with Gasteiger partial charge in [0, 0.05) is 17.6 Å². The van der Waals surface area contributed by atoms with Gasteiger partial charge < -0.3 is 20.3 Å². The lowest BCUT2D eigenvalue weighted by Crippen LogP contribution is -2.32. The van der Waals surface area contributed by atoms with Crippen LogP contribution in [0.5, 0.6) is 11.5 Å². The molecule has 3 aromatic carbocycles. The molecule has 3 rings (SSSR count). The van der Waals surface area contributed by atoms with E-state index in [2.05, 4.69) is 12.2 Å². The first-order chi connectivity index (χ1) is 14.4. The molecule has 0 fully saturated rings. The molecule has 0 bridgehead atoms. The van der Waals surface area contributed by atoms with Gasteiger partial charge in [-0.25, -0.2) is 4.79 Å². The van der Waals surface area contributed by atoms with Crippen molar-refractivity contribution in [1.29, 1.82) is 0 Å². The Morgan fingerprint density at radius 3 is 2.47 bits per heavy atom. The Labute approximate surface area is 180 Å². The van der Waals surface area contributed by atoms with E-state index in [4.69, 9.17) is 21.4 Å². The molecule has 0 aliphatic rings. The van der Waals surface area contributed by atoms with Crippen LogP contribution >= 0.6 is 11.6 Å². The highest BCUT2D eigenvalue weighted by Gasteiger charge is 2.11. The Morgan fingerprint density at radius 1 is 1.03 bits per heavy atom. The number of aliphatic hydroxyl groups is 1. The summed E-state index contributed by atoms with van der Waals surface area (Å²) in [5.41, 5.74) is 2.03. The van der Waals surface area contributed by atoms with Crippen molar-refractivity contribution in [2.45, 2.75) is 25.5 Å². The number of ether oxygens (including phenoxy) is 1. The first-order valence-corrected chi connectivity index (χ1v) is 10.1. The Bertz CT molecular complexity index is 1010. The van der Waals surface area contributed by atoms with Crippen molar-refractivity contribution in [2.75, 3.05) is 6.54 Å². The van der Waals surface area contributed by atoms with Gasteiger partial charge in [0.25, 0.3) is 0 Å².